The Hall–Kier alpha value is -1.63. The van der Waals surface area contributed by atoms with E-state index in [-0.39, 0.29) is 6.42 Å². The molecule has 0 bridgehead atoms. The topological polar surface area (TPSA) is 88.1 Å². The van der Waals surface area contributed by atoms with Gasteiger partial charge >= 0.3 is 17.9 Å². The van der Waals surface area contributed by atoms with Crippen molar-refractivity contribution in [2.75, 3.05) is 0 Å². The van der Waals surface area contributed by atoms with E-state index in [9.17, 15) is 14.4 Å². The molecule has 1 unspecified atom stereocenters. The highest BCUT2D eigenvalue weighted by molar-refractivity contribution is 5.84. The van der Waals surface area contributed by atoms with E-state index in [0.29, 0.717) is 0 Å². The van der Waals surface area contributed by atoms with Gasteiger partial charge in [0.1, 0.15) is 5.60 Å². The summed E-state index contributed by atoms with van der Waals surface area (Å²) in [5.41, 5.74) is -0.667. The highest BCUT2D eigenvalue weighted by Crippen LogP contribution is 2.25. The van der Waals surface area contributed by atoms with E-state index in [2.05, 4.69) is 0 Å². The van der Waals surface area contributed by atoms with Gasteiger partial charge in [0.05, 0.1) is 6.42 Å². The number of carbonyl (C=O) groups is 3. The van der Waals surface area contributed by atoms with Gasteiger partial charge in [-0.1, -0.05) is 0 Å². The number of ether oxygens (including phenoxy) is 4. The second kappa shape index (κ2) is 6.01. The van der Waals surface area contributed by atoms with Crippen LogP contribution in [0, 0.1) is 0 Å². The van der Waals surface area contributed by atoms with Gasteiger partial charge in [0.15, 0.2) is 12.2 Å². The molecule has 2 atom stereocenters. The van der Waals surface area contributed by atoms with Gasteiger partial charge in [0.2, 0.25) is 5.79 Å². The van der Waals surface area contributed by atoms with Crippen molar-refractivity contribution in [3.05, 3.63) is 0 Å². The molecule has 1 rings (SSSR count). The summed E-state index contributed by atoms with van der Waals surface area (Å²) in [4.78, 5) is 34.9. The Balaban J connectivity index is 2.47. The highest BCUT2D eigenvalue weighted by atomic mass is 16.8. The number of carbonyl (C=O) groups excluding carboxylic acids is 3. The zero-order valence-corrected chi connectivity index (χ0v) is 13.2. The zero-order chi connectivity index (χ0) is 16.4. The van der Waals surface area contributed by atoms with E-state index in [1.165, 1.54) is 6.92 Å². The quantitative estimate of drug-likeness (QED) is 0.571. The largest absolute Gasteiger partial charge is 0.457 e. The lowest BCUT2D eigenvalue weighted by molar-refractivity contribution is -0.176. The zero-order valence-electron chi connectivity index (χ0n) is 13.2. The van der Waals surface area contributed by atoms with E-state index in [4.69, 9.17) is 18.9 Å². The lowest BCUT2D eigenvalue weighted by atomic mass is 10.2. The molecule has 0 amide bonds. The molecule has 21 heavy (non-hydrogen) atoms. The highest BCUT2D eigenvalue weighted by Gasteiger charge is 2.42. The van der Waals surface area contributed by atoms with Crippen LogP contribution in [0.15, 0.2) is 0 Å². The van der Waals surface area contributed by atoms with Gasteiger partial charge in [-0.3, -0.25) is 4.79 Å². The maximum Gasteiger partial charge on any atom is 0.347 e. The molecule has 0 aromatic rings. The van der Waals surface area contributed by atoms with Gasteiger partial charge in [-0.2, -0.15) is 0 Å². The minimum Gasteiger partial charge on any atom is -0.457 e. The predicted molar refractivity (Wildman–Crippen MR) is 71.1 cm³/mol. The molecule has 0 spiro atoms. The van der Waals surface area contributed by atoms with Crippen LogP contribution in [0.2, 0.25) is 0 Å². The summed E-state index contributed by atoms with van der Waals surface area (Å²) in [5, 5.41) is 0. The molecule has 7 nitrogen and oxygen atoms in total. The van der Waals surface area contributed by atoms with Gasteiger partial charge < -0.3 is 18.9 Å². The maximum atomic E-state index is 11.7. The Bertz CT molecular complexity index is 433. The fourth-order valence-corrected chi connectivity index (χ4v) is 1.68. The lowest BCUT2D eigenvalue weighted by Crippen LogP contribution is -2.34. The lowest BCUT2D eigenvalue weighted by Gasteiger charge is -2.22. The van der Waals surface area contributed by atoms with Crippen molar-refractivity contribution in [2.24, 2.45) is 0 Å². The Morgan fingerprint density at radius 1 is 1.33 bits per heavy atom. The molecular weight excluding hydrogens is 280 g/mol. The van der Waals surface area contributed by atoms with Gasteiger partial charge in [-0.15, -0.1) is 0 Å². The SMILES string of the molecule is CC(OC(=O)C[C@@H]1OC(C)(C)OC1=O)C(=O)OC(C)(C)C. The number of esters is 3. The summed E-state index contributed by atoms with van der Waals surface area (Å²) in [6, 6.07) is 0. The summed E-state index contributed by atoms with van der Waals surface area (Å²) in [6.07, 6.45) is -2.38. The third-order valence-electron chi connectivity index (χ3n) is 2.43. The van der Waals surface area contributed by atoms with Crippen LogP contribution in [-0.2, 0) is 33.3 Å². The smallest absolute Gasteiger partial charge is 0.347 e. The van der Waals surface area contributed by atoms with Crippen LogP contribution in [0.3, 0.4) is 0 Å². The number of rotatable bonds is 4. The molecule has 120 valence electrons. The minimum absolute atomic E-state index is 0.310. The summed E-state index contributed by atoms with van der Waals surface area (Å²) >= 11 is 0. The third-order valence-corrected chi connectivity index (χ3v) is 2.43. The average Bonchev–Trinajstić information content (AvgIpc) is 2.48. The Morgan fingerprint density at radius 3 is 2.33 bits per heavy atom. The molecule has 0 radical (unpaired) electrons. The molecule has 0 saturated carbocycles. The second-order valence-electron chi connectivity index (χ2n) is 6.30. The normalized spacial score (nSPS) is 22.4. The summed E-state index contributed by atoms with van der Waals surface area (Å²) in [6.45, 7) is 9.68. The van der Waals surface area contributed by atoms with Crippen LogP contribution in [-0.4, -0.2) is 41.5 Å². The van der Waals surface area contributed by atoms with Gasteiger partial charge in [-0.05, 0) is 27.7 Å². The molecule has 0 aromatic heterocycles. The number of hydrogen-bond donors (Lipinski definition) is 0. The van der Waals surface area contributed by atoms with E-state index in [0.717, 1.165) is 0 Å². The monoisotopic (exact) mass is 302 g/mol. The molecule has 7 heteroatoms. The van der Waals surface area contributed by atoms with Crippen LogP contribution >= 0.6 is 0 Å². The Kier molecular flexibility index (Phi) is 4.99. The van der Waals surface area contributed by atoms with Crippen LogP contribution in [0.4, 0.5) is 0 Å². The van der Waals surface area contributed by atoms with Gasteiger partial charge in [-0.25, -0.2) is 9.59 Å². The van der Waals surface area contributed by atoms with Crippen LogP contribution < -0.4 is 0 Å². The first-order valence-electron chi connectivity index (χ1n) is 6.73. The Labute approximate surface area is 123 Å². The van der Waals surface area contributed by atoms with Crippen molar-refractivity contribution in [2.45, 2.75) is 71.6 Å². The van der Waals surface area contributed by atoms with Gasteiger partial charge in [0.25, 0.3) is 0 Å². The van der Waals surface area contributed by atoms with Crippen molar-refractivity contribution in [1.29, 1.82) is 0 Å². The molecule has 1 aliphatic heterocycles. The van der Waals surface area contributed by atoms with E-state index in [1.807, 2.05) is 0 Å². The molecule has 1 fully saturated rings. The molecule has 0 aromatic carbocycles. The fourth-order valence-electron chi connectivity index (χ4n) is 1.68. The number of hydrogen-bond acceptors (Lipinski definition) is 7. The standard InChI is InChI=1S/C14H22O7/c1-8(11(16)20-13(2,3)4)18-10(15)7-9-12(17)21-14(5,6)19-9/h8-9H,7H2,1-6H3/t8?,9-/m0/s1. The van der Waals surface area contributed by atoms with Crippen LogP contribution in [0.1, 0.15) is 48.0 Å². The van der Waals surface area contributed by atoms with Crippen LogP contribution in [0.5, 0.6) is 0 Å². The molecule has 1 heterocycles. The summed E-state index contributed by atoms with van der Waals surface area (Å²) < 4.78 is 20.2. The van der Waals surface area contributed by atoms with Crippen molar-refractivity contribution in [3.63, 3.8) is 0 Å². The molecule has 0 aliphatic carbocycles. The minimum atomic E-state index is -1.06. The van der Waals surface area contributed by atoms with Crippen LogP contribution in [0.25, 0.3) is 0 Å². The van der Waals surface area contributed by atoms with Crippen molar-refractivity contribution in [1.82, 2.24) is 0 Å². The predicted octanol–water partition coefficient (Wildman–Crippen LogP) is 1.33. The Morgan fingerprint density at radius 2 is 1.90 bits per heavy atom. The first kappa shape index (κ1) is 17.4. The number of cyclic esters (lactones) is 1. The van der Waals surface area contributed by atoms with Crippen molar-refractivity contribution >= 4 is 17.9 Å². The second-order valence-corrected chi connectivity index (χ2v) is 6.30. The summed E-state index contributed by atoms with van der Waals surface area (Å²) in [7, 11) is 0. The first-order chi connectivity index (χ1) is 9.39. The van der Waals surface area contributed by atoms with Gasteiger partial charge in [0, 0.05) is 13.8 Å². The van der Waals surface area contributed by atoms with E-state index < -0.39 is 41.5 Å². The molecule has 1 aliphatic rings. The third kappa shape index (κ3) is 5.71. The first-order valence-corrected chi connectivity index (χ1v) is 6.73. The maximum absolute atomic E-state index is 11.7. The van der Waals surface area contributed by atoms with Crippen molar-refractivity contribution < 1.29 is 33.3 Å². The fraction of sp³-hybridized carbons (Fsp3) is 0.786. The van der Waals surface area contributed by atoms with E-state index in [1.54, 1.807) is 34.6 Å². The average molecular weight is 302 g/mol. The van der Waals surface area contributed by atoms with Crippen molar-refractivity contribution in [3.8, 4) is 0 Å². The molecular formula is C14H22O7. The molecule has 1 saturated heterocycles. The van der Waals surface area contributed by atoms with E-state index >= 15 is 0 Å². The molecule has 0 N–H and O–H groups in total. The summed E-state index contributed by atoms with van der Waals surface area (Å²) in [5.74, 6) is -3.06.